The van der Waals surface area contributed by atoms with Crippen LogP contribution in [0.3, 0.4) is 0 Å². The van der Waals surface area contributed by atoms with Gasteiger partial charge in [-0.3, -0.25) is 19.7 Å². The van der Waals surface area contributed by atoms with E-state index in [1.807, 2.05) is 30.3 Å². The molecule has 1 aliphatic rings. The summed E-state index contributed by atoms with van der Waals surface area (Å²) >= 11 is 0. The molecule has 0 aromatic heterocycles. The van der Waals surface area contributed by atoms with Crippen LogP contribution in [-0.2, 0) is 9.59 Å². The summed E-state index contributed by atoms with van der Waals surface area (Å²) in [4.78, 5) is 38.9. The van der Waals surface area contributed by atoms with Crippen LogP contribution in [0.1, 0.15) is 12.5 Å². The minimum absolute atomic E-state index is 0.0541. The first-order chi connectivity index (χ1) is 14.4. The maximum Gasteiger partial charge on any atom is 0.269 e. The van der Waals surface area contributed by atoms with Gasteiger partial charge in [0.15, 0.2) is 0 Å². The summed E-state index contributed by atoms with van der Waals surface area (Å²) in [5, 5.41) is 13.5. The van der Waals surface area contributed by atoms with E-state index in [0.717, 1.165) is 11.3 Å². The van der Waals surface area contributed by atoms with Gasteiger partial charge < -0.3 is 15.1 Å². The number of hydrogen-bond acceptors (Lipinski definition) is 5. The molecule has 0 saturated carbocycles. The summed E-state index contributed by atoms with van der Waals surface area (Å²) in [6.07, 6.45) is 3.13. The molecule has 1 aliphatic heterocycles. The van der Waals surface area contributed by atoms with Crippen LogP contribution in [0.4, 0.5) is 11.4 Å². The third-order valence-electron chi connectivity index (χ3n) is 4.97. The van der Waals surface area contributed by atoms with Crippen molar-refractivity contribution in [1.29, 1.82) is 0 Å². The van der Waals surface area contributed by atoms with Gasteiger partial charge in [-0.15, -0.1) is 0 Å². The van der Waals surface area contributed by atoms with Crippen molar-refractivity contribution < 1.29 is 14.5 Å². The topological polar surface area (TPSA) is 95.8 Å². The van der Waals surface area contributed by atoms with E-state index in [2.05, 4.69) is 10.2 Å². The average molecular weight is 408 g/mol. The molecule has 8 nitrogen and oxygen atoms in total. The zero-order valence-corrected chi connectivity index (χ0v) is 16.7. The number of hydrogen-bond donors (Lipinski definition) is 1. The van der Waals surface area contributed by atoms with E-state index in [4.69, 9.17) is 0 Å². The second-order valence-corrected chi connectivity index (χ2v) is 7.06. The van der Waals surface area contributed by atoms with Crippen LogP contribution in [-0.4, -0.2) is 53.9 Å². The number of nitrogens with one attached hydrogen (secondary N) is 1. The summed E-state index contributed by atoms with van der Waals surface area (Å²) in [6, 6.07) is 15.2. The fourth-order valence-electron chi connectivity index (χ4n) is 3.30. The molecule has 1 N–H and O–H groups in total. The third kappa shape index (κ3) is 5.44. The summed E-state index contributed by atoms with van der Waals surface area (Å²) < 4.78 is 0. The number of piperazine rings is 1. The van der Waals surface area contributed by atoms with Crippen LogP contribution in [0.5, 0.6) is 0 Å². The van der Waals surface area contributed by atoms with E-state index in [1.54, 1.807) is 30.0 Å². The largest absolute Gasteiger partial charge is 0.368 e. The normalized spacial score (nSPS) is 15.1. The van der Waals surface area contributed by atoms with Crippen molar-refractivity contribution in [3.05, 3.63) is 76.4 Å². The highest BCUT2D eigenvalue weighted by Gasteiger charge is 2.25. The van der Waals surface area contributed by atoms with Gasteiger partial charge in [-0.25, -0.2) is 0 Å². The van der Waals surface area contributed by atoms with E-state index < -0.39 is 11.0 Å². The van der Waals surface area contributed by atoms with Crippen LogP contribution in [0.15, 0.2) is 60.7 Å². The lowest BCUT2D eigenvalue weighted by atomic mass is 10.2. The van der Waals surface area contributed by atoms with Gasteiger partial charge in [0.2, 0.25) is 11.8 Å². The molecule has 156 valence electrons. The number of nitrogens with zero attached hydrogens (tertiary/aromatic N) is 3. The summed E-state index contributed by atoms with van der Waals surface area (Å²) in [5.74, 6) is -0.441. The Bertz CT molecular complexity index is 920. The molecule has 3 rings (SSSR count). The van der Waals surface area contributed by atoms with Crippen molar-refractivity contribution in [1.82, 2.24) is 10.2 Å². The Morgan fingerprint density at radius 3 is 2.27 bits per heavy atom. The zero-order valence-electron chi connectivity index (χ0n) is 16.7. The molecule has 0 radical (unpaired) electrons. The Kier molecular flexibility index (Phi) is 6.79. The first-order valence-electron chi connectivity index (χ1n) is 9.76. The molecular weight excluding hydrogens is 384 g/mol. The monoisotopic (exact) mass is 408 g/mol. The SMILES string of the molecule is C[C@H](NC(=O)/C=C\c1ccccc1)C(=O)N1CCN(c2ccc([N+](=O)[O-])cc2)CC1. The summed E-state index contributed by atoms with van der Waals surface area (Å²) in [5.41, 5.74) is 1.85. The molecule has 2 aromatic rings. The van der Waals surface area contributed by atoms with Crippen molar-refractivity contribution >= 4 is 29.3 Å². The van der Waals surface area contributed by atoms with Crippen molar-refractivity contribution in [2.75, 3.05) is 31.1 Å². The van der Waals surface area contributed by atoms with Crippen LogP contribution >= 0.6 is 0 Å². The number of nitro benzene ring substituents is 1. The van der Waals surface area contributed by atoms with Gasteiger partial charge in [-0.2, -0.15) is 0 Å². The van der Waals surface area contributed by atoms with Gasteiger partial charge in [0.05, 0.1) is 4.92 Å². The molecule has 0 aliphatic carbocycles. The number of benzene rings is 2. The molecule has 1 heterocycles. The average Bonchev–Trinajstić information content (AvgIpc) is 2.78. The quantitative estimate of drug-likeness (QED) is 0.450. The number of nitro groups is 1. The lowest BCUT2D eigenvalue weighted by Gasteiger charge is -2.37. The third-order valence-corrected chi connectivity index (χ3v) is 4.97. The Balaban J connectivity index is 1.48. The highest BCUT2D eigenvalue weighted by Crippen LogP contribution is 2.20. The Labute approximate surface area is 174 Å². The fraction of sp³-hybridized carbons (Fsp3) is 0.273. The smallest absolute Gasteiger partial charge is 0.269 e. The van der Waals surface area contributed by atoms with Gasteiger partial charge in [-0.05, 0) is 30.7 Å². The molecule has 8 heteroatoms. The van der Waals surface area contributed by atoms with Gasteiger partial charge >= 0.3 is 0 Å². The van der Waals surface area contributed by atoms with E-state index in [0.29, 0.717) is 26.2 Å². The highest BCUT2D eigenvalue weighted by molar-refractivity contribution is 5.95. The minimum Gasteiger partial charge on any atom is -0.368 e. The molecular formula is C22H24N4O4. The van der Waals surface area contributed by atoms with E-state index in [9.17, 15) is 19.7 Å². The molecule has 0 bridgehead atoms. The Morgan fingerprint density at radius 2 is 1.67 bits per heavy atom. The standard InChI is InChI=1S/C22H24N4O4/c1-17(23-21(27)12-7-18-5-3-2-4-6-18)22(28)25-15-13-24(14-16-25)19-8-10-20(11-9-19)26(29)30/h2-12,17H,13-16H2,1H3,(H,23,27)/b12-7-/t17-/m0/s1. The van der Waals surface area contributed by atoms with Crippen molar-refractivity contribution in [3.63, 3.8) is 0 Å². The van der Waals surface area contributed by atoms with Crippen molar-refractivity contribution in [3.8, 4) is 0 Å². The zero-order chi connectivity index (χ0) is 21.5. The summed E-state index contributed by atoms with van der Waals surface area (Å²) in [7, 11) is 0. The van der Waals surface area contributed by atoms with Gasteiger partial charge in [0.1, 0.15) is 6.04 Å². The maximum absolute atomic E-state index is 12.7. The van der Waals surface area contributed by atoms with E-state index in [-0.39, 0.29) is 17.5 Å². The number of amides is 2. The molecule has 1 fully saturated rings. The second kappa shape index (κ2) is 9.69. The predicted molar refractivity (Wildman–Crippen MR) is 115 cm³/mol. The molecule has 2 amide bonds. The maximum atomic E-state index is 12.7. The van der Waals surface area contributed by atoms with Crippen LogP contribution in [0.25, 0.3) is 6.08 Å². The van der Waals surface area contributed by atoms with E-state index in [1.165, 1.54) is 18.2 Å². The molecule has 30 heavy (non-hydrogen) atoms. The first-order valence-corrected chi connectivity index (χ1v) is 9.76. The van der Waals surface area contributed by atoms with Crippen LogP contribution in [0.2, 0.25) is 0 Å². The Morgan fingerprint density at radius 1 is 1.03 bits per heavy atom. The first kappa shape index (κ1) is 21.0. The molecule has 1 saturated heterocycles. The van der Waals surface area contributed by atoms with Crippen molar-refractivity contribution in [2.45, 2.75) is 13.0 Å². The number of carbonyl (C=O) groups is 2. The fourth-order valence-corrected chi connectivity index (χ4v) is 3.30. The number of anilines is 1. The molecule has 0 unspecified atom stereocenters. The van der Waals surface area contributed by atoms with Gasteiger partial charge in [0, 0.05) is 50.1 Å². The number of rotatable bonds is 6. The lowest BCUT2D eigenvalue weighted by molar-refractivity contribution is -0.384. The Hall–Kier alpha value is -3.68. The molecule has 1 atom stereocenters. The van der Waals surface area contributed by atoms with Crippen molar-refractivity contribution in [2.24, 2.45) is 0 Å². The summed E-state index contributed by atoms with van der Waals surface area (Å²) in [6.45, 7) is 3.97. The lowest BCUT2D eigenvalue weighted by Crippen LogP contribution is -2.54. The van der Waals surface area contributed by atoms with E-state index >= 15 is 0 Å². The number of carbonyl (C=O) groups excluding carboxylic acids is 2. The highest BCUT2D eigenvalue weighted by atomic mass is 16.6. The molecule has 2 aromatic carbocycles. The second-order valence-electron chi connectivity index (χ2n) is 7.06. The molecule has 0 spiro atoms. The predicted octanol–water partition coefficient (Wildman–Crippen LogP) is 2.46. The number of non-ortho nitro benzene ring substituents is 1. The van der Waals surface area contributed by atoms with Gasteiger partial charge in [0.25, 0.3) is 5.69 Å². The van der Waals surface area contributed by atoms with Crippen LogP contribution in [0, 0.1) is 10.1 Å². The van der Waals surface area contributed by atoms with Gasteiger partial charge in [-0.1, -0.05) is 30.3 Å². The van der Waals surface area contributed by atoms with Crippen LogP contribution < -0.4 is 10.2 Å². The minimum atomic E-state index is -0.621.